The minimum Gasteiger partial charge on any atom is -0.365 e. The molecule has 1 aliphatic heterocycles. The van der Waals surface area contributed by atoms with E-state index < -0.39 is 5.79 Å². The summed E-state index contributed by atoms with van der Waals surface area (Å²) in [6, 6.07) is 0. The molecule has 1 unspecified atom stereocenters. The molecule has 1 spiro atoms. The summed E-state index contributed by atoms with van der Waals surface area (Å²) in [6.07, 6.45) is 7.91. The summed E-state index contributed by atoms with van der Waals surface area (Å²) in [6.45, 7) is 13.7. The Bertz CT molecular complexity index is 586. The Morgan fingerprint density at radius 3 is 2.59 bits per heavy atom. The molecule has 1 saturated heterocycles. The van der Waals surface area contributed by atoms with Gasteiger partial charge in [0.2, 0.25) is 0 Å². The first-order valence-electron chi connectivity index (χ1n) is 9.28. The lowest BCUT2D eigenvalue weighted by atomic mass is 9.35. The second kappa shape index (κ2) is 3.37. The zero-order valence-electron chi connectivity index (χ0n) is 14.5. The zero-order chi connectivity index (χ0) is 15.8. The van der Waals surface area contributed by atoms with Gasteiger partial charge in [-0.1, -0.05) is 26.8 Å². The van der Waals surface area contributed by atoms with Crippen LogP contribution in [0, 0.1) is 39.9 Å². The molecule has 122 valence electrons. The third kappa shape index (κ3) is 0.955. The van der Waals surface area contributed by atoms with Crippen LogP contribution in [0.3, 0.4) is 0 Å². The van der Waals surface area contributed by atoms with E-state index in [0.29, 0.717) is 29.1 Å². The van der Waals surface area contributed by atoms with Crippen LogP contribution in [0.25, 0.3) is 0 Å². The van der Waals surface area contributed by atoms with Crippen molar-refractivity contribution in [2.75, 3.05) is 0 Å². The Morgan fingerprint density at radius 2 is 1.91 bits per heavy atom. The summed E-state index contributed by atoms with van der Waals surface area (Å²) < 4.78 is 6.60. The lowest BCUT2D eigenvalue weighted by Crippen LogP contribution is -2.69. The topological polar surface area (TPSA) is 29.5 Å². The van der Waals surface area contributed by atoms with Crippen molar-refractivity contribution in [1.29, 1.82) is 0 Å². The van der Waals surface area contributed by atoms with Gasteiger partial charge in [0, 0.05) is 17.8 Å². The van der Waals surface area contributed by atoms with E-state index in [-0.39, 0.29) is 16.4 Å². The predicted molar refractivity (Wildman–Crippen MR) is 86.0 cm³/mol. The fourth-order valence-corrected chi connectivity index (χ4v) is 8.82. The quantitative estimate of drug-likeness (QED) is 0.738. The van der Waals surface area contributed by atoms with Gasteiger partial charge < -0.3 is 9.84 Å². The Hall–Kier alpha value is -0.340. The molecule has 2 heteroatoms. The number of aliphatic hydroxyl groups is 1. The first-order chi connectivity index (χ1) is 10.2. The van der Waals surface area contributed by atoms with Crippen LogP contribution in [0.2, 0.25) is 0 Å². The van der Waals surface area contributed by atoms with E-state index in [1.54, 1.807) is 0 Å². The van der Waals surface area contributed by atoms with Crippen molar-refractivity contribution in [2.45, 2.75) is 71.2 Å². The summed E-state index contributed by atoms with van der Waals surface area (Å²) in [5.41, 5.74) is 0.326. The van der Waals surface area contributed by atoms with Crippen LogP contribution >= 0.6 is 0 Å². The summed E-state index contributed by atoms with van der Waals surface area (Å²) in [4.78, 5) is 0. The first kappa shape index (κ1) is 14.0. The normalized spacial score (nSPS) is 71.0. The van der Waals surface area contributed by atoms with Crippen LogP contribution in [0.1, 0.15) is 59.8 Å². The second-order valence-corrected chi connectivity index (χ2v) is 9.77. The first-order valence-corrected chi connectivity index (χ1v) is 9.28. The van der Waals surface area contributed by atoms with Gasteiger partial charge in [-0.3, -0.25) is 0 Å². The van der Waals surface area contributed by atoms with Crippen molar-refractivity contribution in [3.8, 4) is 0 Å². The molecule has 0 amide bonds. The highest BCUT2D eigenvalue weighted by Crippen LogP contribution is 2.92. The molecule has 2 nitrogen and oxygen atoms in total. The minimum atomic E-state index is -0.876. The maximum Gasteiger partial charge on any atom is 0.173 e. The minimum absolute atomic E-state index is 0.00185. The summed E-state index contributed by atoms with van der Waals surface area (Å²) in [5, 5.41) is 11.7. The highest BCUT2D eigenvalue weighted by Gasteiger charge is 2.93. The van der Waals surface area contributed by atoms with Crippen molar-refractivity contribution in [3.63, 3.8) is 0 Å². The van der Waals surface area contributed by atoms with Crippen LogP contribution in [0.15, 0.2) is 12.7 Å². The number of hydrogen-bond donors (Lipinski definition) is 1. The Kier molecular flexibility index (Phi) is 2.15. The van der Waals surface area contributed by atoms with E-state index in [2.05, 4.69) is 40.3 Å². The van der Waals surface area contributed by atoms with Crippen molar-refractivity contribution < 1.29 is 9.84 Å². The molecular formula is C20H30O2. The maximum absolute atomic E-state index is 11.7. The second-order valence-electron chi connectivity index (χ2n) is 9.77. The molecular weight excluding hydrogens is 272 g/mol. The van der Waals surface area contributed by atoms with Crippen molar-refractivity contribution in [3.05, 3.63) is 12.7 Å². The van der Waals surface area contributed by atoms with E-state index in [9.17, 15) is 5.11 Å². The smallest absolute Gasteiger partial charge is 0.173 e. The van der Waals surface area contributed by atoms with E-state index in [4.69, 9.17) is 4.74 Å². The SMILES string of the molecule is C=C[C@]1(C)C[C@H]2C3(C)O[C@]4(O)CC[C@@]5(CC[C@H]3C)[C@@H](C)[C@H]1[C@]254. The molecule has 22 heavy (non-hydrogen) atoms. The molecule has 9 atom stereocenters. The van der Waals surface area contributed by atoms with Gasteiger partial charge in [-0.2, -0.15) is 0 Å². The third-order valence-corrected chi connectivity index (χ3v) is 9.70. The van der Waals surface area contributed by atoms with Crippen LogP contribution in [0.4, 0.5) is 0 Å². The molecule has 0 aromatic carbocycles. The van der Waals surface area contributed by atoms with E-state index >= 15 is 0 Å². The Morgan fingerprint density at radius 1 is 1.18 bits per heavy atom. The van der Waals surface area contributed by atoms with Crippen molar-refractivity contribution >= 4 is 0 Å². The number of rotatable bonds is 1. The maximum atomic E-state index is 11.7. The van der Waals surface area contributed by atoms with Gasteiger partial charge in [-0.05, 0) is 61.2 Å². The van der Waals surface area contributed by atoms with Gasteiger partial charge in [-0.15, -0.1) is 6.58 Å². The molecule has 5 fully saturated rings. The standard InChI is InChI=1S/C20H30O2/c1-6-16(4)11-14-17(5)12(2)7-8-18-9-10-19(21,22-17)20(14,18)15(16)13(18)3/h6,12-15,21H,1,7-11H2,2-5H3/t12-,13+,14+,15-,16-,17?,18+,19-,20-/m1/s1. The van der Waals surface area contributed by atoms with Gasteiger partial charge in [0.25, 0.3) is 0 Å². The van der Waals surface area contributed by atoms with Gasteiger partial charge in [0.05, 0.1) is 5.60 Å². The van der Waals surface area contributed by atoms with Gasteiger partial charge in [0.15, 0.2) is 5.79 Å². The summed E-state index contributed by atoms with van der Waals surface area (Å²) in [5.74, 6) is 1.38. The molecule has 5 rings (SSSR count). The van der Waals surface area contributed by atoms with Crippen LogP contribution < -0.4 is 0 Å². The Balaban J connectivity index is 1.83. The average molecular weight is 302 g/mol. The number of hydrogen-bond acceptors (Lipinski definition) is 2. The highest BCUT2D eigenvalue weighted by atomic mass is 16.7. The zero-order valence-corrected chi connectivity index (χ0v) is 14.5. The predicted octanol–water partition coefficient (Wildman–Crippen LogP) is 4.14. The van der Waals surface area contributed by atoms with Gasteiger partial charge >= 0.3 is 0 Å². The van der Waals surface area contributed by atoms with E-state index in [1.165, 1.54) is 12.8 Å². The summed E-state index contributed by atoms with van der Waals surface area (Å²) >= 11 is 0. The molecule has 4 saturated carbocycles. The van der Waals surface area contributed by atoms with Gasteiger partial charge in [0.1, 0.15) is 0 Å². The molecule has 0 aromatic heterocycles. The van der Waals surface area contributed by atoms with Crippen LogP contribution in [0.5, 0.6) is 0 Å². The molecule has 0 aromatic rings. The molecule has 1 N–H and O–H groups in total. The lowest BCUT2D eigenvalue weighted by Gasteiger charge is -2.68. The average Bonchev–Trinajstić information content (AvgIpc) is 2.93. The third-order valence-electron chi connectivity index (χ3n) is 9.70. The van der Waals surface area contributed by atoms with Crippen molar-refractivity contribution in [1.82, 2.24) is 0 Å². The fourth-order valence-electron chi connectivity index (χ4n) is 8.82. The lowest BCUT2D eigenvalue weighted by molar-refractivity contribution is -0.329. The summed E-state index contributed by atoms with van der Waals surface area (Å²) in [7, 11) is 0. The molecule has 0 radical (unpaired) electrons. The largest absolute Gasteiger partial charge is 0.365 e. The highest BCUT2D eigenvalue weighted by molar-refractivity contribution is 5.39. The van der Waals surface area contributed by atoms with Gasteiger partial charge in [-0.25, -0.2) is 0 Å². The van der Waals surface area contributed by atoms with Crippen LogP contribution in [-0.2, 0) is 4.74 Å². The molecule has 4 aliphatic carbocycles. The monoisotopic (exact) mass is 302 g/mol. The fraction of sp³-hybridized carbons (Fsp3) is 0.900. The molecule has 1 heterocycles. The number of allylic oxidation sites excluding steroid dienone is 1. The molecule has 5 aliphatic rings. The van der Waals surface area contributed by atoms with Crippen LogP contribution in [-0.4, -0.2) is 16.5 Å². The van der Waals surface area contributed by atoms with E-state index in [1.807, 2.05) is 0 Å². The van der Waals surface area contributed by atoms with E-state index in [0.717, 1.165) is 19.3 Å². The molecule has 2 bridgehead atoms. The van der Waals surface area contributed by atoms with Crippen molar-refractivity contribution in [2.24, 2.45) is 39.9 Å². The number of ether oxygens (including phenoxy) is 1. The Labute approximate surface area is 134 Å².